The largest absolute Gasteiger partial charge is 0.505 e. The predicted molar refractivity (Wildman–Crippen MR) is 52.2 cm³/mol. The summed E-state index contributed by atoms with van der Waals surface area (Å²) >= 11 is 5.64. The number of pyridine rings is 1. The Morgan fingerprint density at radius 1 is 1.50 bits per heavy atom. The third-order valence-electron chi connectivity index (χ3n) is 1.46. The molecule has 2 aromatic rings. The van der Waals surface area contributed by atoms with Gasteiger partial charge in [0.2, 0.25) is 0 Å². The quantitative estimate of drug-likeness (QED) is 0.778. The Kier molecular flexibility index (Phi) is 2.59. The first-order valence-electron chi connectivity index (χ1n) is 3.08. The average Bonchev–Trinajstić information content (AvgIpc) is 2.36. The van der Waals surface area contributed by atoms with Crippen molar-refractivity contribution in [2.45, 2.75) is 0 Å². The summed E-state index contributed by atoms with van der Waals surface area (Å²) in [5, 5.41) is 9.48. The number of imidazole rings is 1. The minimum absolute atomic E-state index is 0. The van der Waals surface area contributed by atoms with Crippen LogP contribution in [0.1, 0.15) is 0 Å². The number of hydrogen-bond acceptors (Lipinski definition) is 2. The first-order valence-corrected chi connectivity index (χ1v) is 3.46. The normalized spacial score (nSPS) is 9.75. The SMILES string of the molecule is Br.Oc1cn2ccnc2cc1Cl. The topological polar surface area (TPSA) is 37.5 Å². The van der Waals surface area contributed by atoms with E-state index in [9.17, 15) is 0 Å². The lowest BCUT2D eigenvalue weighted by Crippen LogP contribution is -1.81. The number of rotatable bonds is 0. The van der Waals surface area contributed by atoms with E-state index < -0.39 is 0 Å². The lowest BCUT2D eigenvalue weighted by molar-refractivity contribution is 0.472. The van der Waals surface area contributed by atoms with E-state index in [1.165, 1.54) is 6.20 Å². The standard InChI is InChI=1S/C7H5ClN2O.BrH/c8-5-3-7-9-1-2-10(7)4-6(5)11;/h1-4,11H;1H. The fraction of sp³-hybridized carbons (Fsp3) is 0. The monoisotopic (exact) mass is 248 g/mol. The van der Waals surface area contributed by atoms with Crippen LogP contribution >= 0.6 is 28.6 Å². The molecule has 12 heavy (non-hydrogen) atoms. The average molecular weight is 249 g/mol. The van der Waals surface area contributed by atoms with Crippen molar-refractivity contribution in [3.63, 3.8) is 0 Å². The van der Waals surface area contributed by atoms with Crippen molar-refractivity contribution in [1.29, 1.82) is 0 Å². The summed E-state index contributed by atoms with van der Waals surface area (Å²) < 4.78 is 1.70. The van der Waals surface area contributed by atoms with Crippen LogP contribution in [0, 0.1) is 0 Å². The molecule has 0 bridgehead atoms. The maximum atomic E-state index is 9.16. The Hall–Kier alpha value is -0.740. The highest BCUT2D eigenvalue weighted by Gasteiger charge is 2.00. The summed E-state index contributed by atoms with van der Waals surface area (Å²) in [4.78, 5) is 3.99. The Balaban J connectivity index is 0.000000720. The Morgan fingerprint density at radius 3 is 3.00 bits per heavy atom. The molecule has 0 saturated carbocycles. The van der Waals surface area contributed by atoms with Gasteiger partial charge in [0, 0.05) is 18.5 Å². The molecule has 2 aromatic heterocycles. The van der Waals surface area contributed by atoms with E-state index in [1.54, 1.807) is 22.9 Å². The molecule has 0 atom stereocenters. The fourth-order valence-electron chi connectivity index (χ4n) is 0.926. The molecule has 1 N–H and O–H groups in total. The molecule has 5 heteroatoms. The van der Waals surface area contributed by atoms with Gasteiger partial charge in [-0.3, -0.25) is 0 Å². The number of nitrogens with zero attached hydrogens (tertiary/aromatic N) is 2. The van der Waals surface area contributed by atoms with Gasteiger partial charge in [-0.1, -0.05) is 11.6 Å². The highest BCUT2D eigenvalue weighted by molar-refractivity contribution is 8.93. The predicted octanol–water partition coefficient (Wildman–Crippen LogP) is 2.27. The summed E-state index contributed by atoms with van der Waals surface area (Å²) in [6.07, 6.45) is 4.90. The Labute approximate surface area is 84.4 Å². The molecule has 0 amide bonds. The van der Waals surface area contributed by atoms with Crippen LogP contribution in [0.25, 0.3) is 5.65 Å². The Morgan fingerprint density at radius 2 is 2.25 bits per heavy atom. The maximum absolute atomic E-state index is 9.16. The minimum Gasteiger partial charge on any atom is -0.505 e. The summed E-state index contributed by atoms with van der Waals surface area (Å²) in [6, 6.07) is 1.61. The first-order chi connectivity index (χ1) is 5.27. The van der Waals surface area contributed by atoms with Crippen LogP contribution in [0.4, 0.5) is 0 Å². The van der Waals surface area contributed by atoms with E-state index in [0.29, 0.717) is 5.02 Å². The minimum atomic E-state index is 0. The molecule has 0 aliphatic rings. The van der Waals surface area contributed by atoms with E-state index in [-0.39, 0.29) is 22.7 Å². The van der Waals surface area contributed by atoms with Gasteiger partial charge in [-0.25, -0.2) is 4.98 Å². The number of aromatic nitrogens is 2. The Bertz CT molecular complexity index is 365. The number of hydrogen-bond donors (Lipinski definition) is 1. The molecule has 0 spiro atoms. The molecule has 0 aliphatic carbocycles. The van der Waals surface area contributed by atoms with Crippen molar-refractivity contribution in [2.24, 2.45) is 0 Å². The van der Waals surface area contributed by atoms with Crippen molar-refractivity contribution >= 4 is 34.2 Å². The van der Waals surface area contributed by atoms with Gasteiger partial charge in [0.05, 0.1) is 11.2 Å². The van der Waals surface area contributed by atoms with Gasteiger partial charge in [-0.15, -0.1) is 17.0 Å². The van der Waals surface area contributed by atoms with Crippen molar-refractivity contribution < 1.29 is 5.11 Å². The zero-order valence-corrected chi connectivity index (χ0v) is 8.41. The van der Waals surface area contributed by atoms with E-state index in [4.69, 9.17) is 16.7 Å². The van der Waals surface area contributed by atoms with Crippen molar-refractivity contribution in [2.75, 3.05) is 0 Å². The van der Waals surface area contributed by atoms with E-state index in [2.05, 4.69) is 4.98 Å². The van der Waals surface area contributed by atoms with Crippen LogP contribution in [0.3, 0.4) is 0 Å². The van der Waals surface area contributed by atoms with Gasteiger partial charge in [-0.2, -0.15) is 0 Å². The lowest BCUT2D eigenvalue weighted by atomic mass is 10.4. The second-order valence-corrected chi connectivity index (χ2v) is 2.61. The maximum Gasteiger partial charge on any atom is 0.150 e. The number of halogens is 2. The van der Waals surface area contributed by atoms with Crippen LogP contribution < -0.4 is 0 Å². The third kappa shape index (κ3) is 1.40. The van der Waals surface area contributed by atoms with Crippen LogP contribution in [-0.2, 0) is 0 Å². The van der Waals surface area contributed by atoms with Crippen molar-refractivity contribution in [3.05, 3.63) is 29.7 Å². The van der Waals surface area contributed by atoms with Gasteiger partial charge in [-0.05, 0) is 0 Å². The fourth-order valence-corrected chi connectivity index (χ4v) is 1.07. The zero-order chi connectivity index (χ0) is 7.84. The van der Waals surface area contributed by atoms with Gasteiger partial charge in [0.15, 0.2) is 5.75 Å². The highest BCUT2D eigenvalue weighted by atomic mass is 79.9. The van der Waals surface area contributed by atoms with Gasteiger partial charge in [0.25, 0.3) is 0 Å². The molecule has 0 fully saturated rings. The molecule has 3 nitrogen and oxygen atoms in total. The van der Waals surface area contributed by atoms with Crippen LogP contribution in [0.15, 0.2) is 24.7 Å². The first kappa shape index (κ1) is 9.35. The number of aromatic hydroxyl groups is 1. The van der Waals surface area contributed by atoms with E-state index >= 15 is 0 Å². The van der Waals surface area contributed by atoms with Crippen LogP contribution in [0.5, 0.6) is 5.75 Å². The summed E-state index contributed by atoms with van der Waals surface area (Å²) in [5.74, 6) is 0.0668. The molecule has 2 rings (SSSR count). The van der Waals surface area contributed by atoms with Crippen LogP contribution in [0.2, 0.25) is 5.02 Å². The summed E-state index contributed by atoms with van der Waals surface area (Å²) in [6.45, 7) is 0. The molecule has 2 heterocycles. The molecular weight excluding hydrogens is 243 g/mol. The molecule has 0 aromatic carbocycles. The summed E-state index contributed by atoms with van der Waals surface area (Å²) in [7, 11) is 0. The smallest absolute Gasteiger partial charge is 0.150 e. The van der Waals surface area contributed by atoms with Crippen molar-refractivity contribution in [3.8, 4) is 5.75 Å². The van der Waals surface area contributed by atoms with Crippen LogP contribution in [-0.4, -0.2) is 14.5 Å². The molecule has 0 radical (unpaired) electrons. The van der Waals surface area contributed by atoms with Crippen molar-refractivity contribution in [1.82, 2.24) is 9.38 Å². The summed E-state index contributed by atoms with van der Waals surface area (Å²) in [5.41, 5.74) is 0.729. The molecule has 0 aliphatic heterocycles. The highest BCUT2D eigenvalue weighted by Crippen LogP contribution is 2.23. The molecule has 0 saturated heterocycles. The second kappa shape index (κ2) is 3.33. The van der Waals surface area contributed by atoms with Gasteiger partial charge < -0.3 is 9.51 Å². The molecule has 64 valence electrons. The zero-order valence-electron chi connectivity index (χ0n) is 5.94. The molecule has 0 unspecified atom stereocenters. The van der Waals surface area contributed by atoms with Gasteiger partial charge in [0.1, 0.15) is 5.65 Å². The third-order valence-corrected chi connectivity index (χ3v) is 1.76. The second-order valence-electron chi connectivity index (χ2n) is 2.20. The molecular formula is C7H6BrClN2O. The van der Waals surface area contributed by atoms with E-state index in [0.717, 1.165) is 5.65 Å². The van der Waals surface area contributed by atoms with Gasteiger partial charge >= 0.3 is 0 Å². The number of fused-ring (bicyclic) bond motifs is 1. The van der Waals surface area contributed by atoms with E-state index in [1.807, 2.05) is 0 Å². The lowest BCUT2D eigenvalue weighted by Gasteiger charge is -1.96.